The molecule has 1 amide bonds. The summed E-state index contributed by atoms with van der Waals surface area (Å²) < 4.78 is 44.6. The Balaban J connectivity index is 2.00. The van der Waals surface area contributed by atoms with E-state index in [2.05, 4.69) is 11.9 Å². The Bertz CT molecular complexity index is 820. The first-order chi connectivity index (χ1) is 12.4. The van der Waals surface area contributed by atoms with Gasteiger partial charge < -0.3 is 15.0 Å². The zero-order valence-corrected chi connectivity index (χ0v) is 13.8. The van der Waals surface area contributed by atoms with Crippen LogP contribution < -0.4 is 10.1 Å². The number of ether oxygens (including phenoxy) is 1. The van der Waals surface area contributed by atoms with E-state index in [1.165, 1.54) is 6.07 Å². The van der Waals surface area contributed by atoms with E-state index in [0.717, 1.165) is 4.90 Å². The van der Waals surface area contributed by atoms with Crippen molar-refractivity contribution in [2.75, 3.05) is 18.5 Å². The molecule has 0 radical (unpaired) electrons. The number of nitrogens with one attached hydrogen (secondary N) is 1. The second kappa shape index (κ2) is 7.11. The Labute approximate surface area is 148 Å². The highest BCUT2D eigenvalue weighted by molar-refractivity contribution is 6.01. The smallest absolute Gasteiger partial charge is 0.406 e. The van der Waals surface area contributed by atoms with Crippen LogP contribution in [0.2, 0.25) is 0 Å². The summed E-state index contributed by atoms with van der Waals surface area (Å²) in [7, 11) is 0. The summed E-state index contributed by atoms with van der Waals surface area (Å²) in [6.07, 6.45) is -3.90. The molecule has 1 aliphatic rings. The largest absolute Gasteiger partial charge is 0.490 e. The highest BCUT2D eigenvalue weighted by atomic mass is 19.4. The van der Waals surface area contributed by atoms with Crippen LogP contribution in [0.3, 0.4) is 0 Å². The van der Waals surface area contributed by atoms with Gasteiger partial charge in [-0.15, -0.1) is 0 Å². The molecule has 136 valence electrons. The molecule has 0 fully saturated rings. The van der Waals surface area contributed by atoms with E-state index in [0.29, 0.717) is 17.0 Å². The first-order valence-electron chi connectivity index (χ1n) is 7.96. The zero-order valence-electron chi connectivity index (χ0n) is 13.8. The van der Waals surface area contributed by atoms with Crippen LogP contribution in [0.25, 0.3) is 0 Å². The van der Waals surface area contributed by atoms with Gasteiger partial charge in [0, 0.05) is 5.69 Å². The third kappa shape index (κ3) is 3.82. The van der Waals surface area contributed by atoms with Crippen molar-refractivity contribution in [3.63, 3.8) is 0 Å². The third-order valence-electron chi connectivity index (χ3n) is 3.91. The molecule has 0 saturated carbocycles. The van der Waals surface area contributed by atoms with Gasteiger partial charge in [-0.05, 0) is 29.8 Å². The van der Waals surface area contributed by atoms with Crippen LogP contribution in [-0.2, 0) is 0 Å². The Hall–Kier alpha value is -2.96. The number of benzene rings is 2. The molecule has 7 heteroatoms. The molecule has 0 aromatic heterocycles. The zero-order chi connectivity index (χ0) is 18.7. The molecule has 3 rings (SSSR count). The van der Waals surface area contributed by atoms with Gasteiger partial charge in [-0.1, -0.05) is 36.9 Å². The van der Waals surface area contributed by atoms with E-state index in [9.17, 15) is 18.0 Å². The second-order valence-corrected chi connectivity index (χ2v) is 5.81. The van der Waals surface area contributed by atoms with Crippen molar-refractivity contribution in [1.82, 2.24) is 4.90 Å². The standard InChI is InChI=1S/C19H17F3N2O2/c1-2-10-26-14-7-5-6-13(11-14)17-23-16-9-4-3-8-15(16)18(25)24(17)12-19(20,21)22/h2-9,11,17,23H,1,10,12H2/t17-/m1/s1. The molecule has 0 spiro atoms. The number of alkyl halides is 3. The minimum atomic E-state index is -4.52. The van der Waals surface area contributed by atoms with Crippen molar-refractivity contribution in [2.45, 2.75) is 12.3 Å². The Morgan fingerprint density at radius 3 is 2.69 bits per heavy atom. The predicted octanol–water partition coefficient (Wildman–Crippen LogP) is 4.38. The van der Waals surface area contributed by atoms with Gasteiger partial charge in [0.1, 0.15) is 25.1 Å². The maximum absolute atomic E-state index is 13.1. The minimum absolute atomic E-state index is 0.215. The lowest BCUT2D eigenvalue weighted by atomic mass is 10.0. The topological polar surface area (TPSA) is 41.6 Å². The van der Waals surface area contributed by atoms with Crippen molar-refractivity contribution >= 4 is 11.6 Å². The summed E-state index contributed by atoms with van der Waals surface area (Å²) in [6, 6.07) is 13.2. The number of fused-ring (bicyclic) bond motifs is 1. The minimum Gasteiger partial charge on any atom is -0.490 e. The van der Waals surface area contributed by atoms with Crippen LogP contribution in [-0.4, -0.2) is 30.1 Å². The average molecular weight is 362 g/mol. The maximum Gasteiger partial charge on any atom is 0.406 e. The normalized spacial score (nSPS) is 16.7. The van der Waals surface area contributed by atoms with Crippen molar-refractivity contribution in [2.24, 2.45) is 0 Å². The number of carbonyl (C=O) groups excluding carboxylic acids is 1. The average Bonchev–Trinajstić information content (AvgIpc) is 2.61. The van der Waals surface area contributed by atoms with Gasteiger partial charge in [-0.25, -0.2) is 0 Å². The number of rotatable bonds is 5. The molecule has 1 heterocycles. The molecular weight excluding hydrogens is 345 g/mol. The fourth-order valence-corrected chi connectivity index (χ4v) is 2.84. The fraction of sp³-hybridized carbons (Fsp3) is 0.211. The number of hydrogen-bond donors (Lipinski definition) is 1. The predicted molar refractivity (Wildman–Crippen MR) is 92.0 cm³/mol. The molecule has 1 aliphatic heterocycles. The number of amides is 1. The first-order valence-corrected chi connectivity index (χ1v) is 7.96. The van der Waals surface area contributed by atoms with Crippen LogP contribution >= 0.6 is 0 Å². The molecule has 0 saturated heterocycles. The van der Waals surface area contributed by atoms with Gasteiger partial charge in [0.15, 0.2) is 0 Å². The van der Waals surface area contributed by atoms with Crippen LogP contribution in [0.4, 0.5) is 18.9 Å². The van der Waals surface area contributed by atoms with Gasteiger partial charge in [0.25, 0.3) is 5.91 Å². The van der Waals surface area contributed by atoms with Crippen LogP contribution in [0.1, 0.15) is 22.1 Å². The van der Waals surface area contributed by atoms with Crippen LogP contribution in [0.5, 0.6) is 5.75 Å². The molecule has 4 nitrogen and oxygen atoms in total. The maximum atomic E-state index is 13.1. The summed E-state index contributed by atoms with van der Waals surface area (Å²) >= 11 is 0. The number of anilines is 1. The van der Waals surface area contributed by atoms with Crippen molar-refractivity contribution in [3.8, 4) is 5.75 Å². The molecule has 0 unspecified atom stereocenters. The van der Waals surface area contributed by atoms with Crippen molar-refractivity contribution in [1.29, 1.82) is 0 Å². The number of hydrogen-bond acceptors (Lipinski definition) is 3. The summed E-state index contributed by atoms with van der Waals surface area (Å²) in [5.74, 6) is -0.179. The highest BCUT2D eigenvalue weighted by Gasteiger charge is 2.40. The molecular formula is C19H17F3N2O2. The highest BCUT2D eigenvalue weighted by Crippen LogP contribution is 2.35. The summed E-state index contributed by atoms with van der Waals surface area (Å²) in [4.78, 5) is 13.5. The lowest BCUT2D eigenvalue weighted by Crippen LogP contribution is -2.47. The summed E-state index contributed by atoms with van der Waals surface area (Å²) in [5, 5.41) is 3.03. The second-order valence-electron chi connectivity index (χ2n) is 5.81. The van der Waals surface area contributed by atoms with Gasteiger partial charge in [-0.2, -0.15) is 13.2 Å². The molecule has 1 atom stereocenters. The van der Waals surface area contributed by atoms with E-state index in [4.69, 9.17) is 4.74 Å². The van der Waals surface area contributed by atoms with Gasteiger partial charge >= 0.3 is 6.18 Å². The Morgan fingerprint density at radius 2 is 1.96 bits per heavy atom. The lowest BCUT2D eigenvalue weighted by molar-refractivity contribution is -0.144. The van der Waals surface area contributed by atoms with Crippen LogP contribution in [0.15, 0.2) is 61.2 Å². The van der Waals surface area contributed by atoms with E-state index >= 15 is 0 Å². The monoisotopic (exact) mass is 362 g/mol. The Kier molecular flexibility index (Phi) is 4.88. The molecule has 2 aromatic carbocycles. The van der Waals surface area contributed by atoms with E-state index in [1.807, 2.05) is 0 Å². The molecule has 0 bridgehead atoms. The third-order valence-corrected chi connectivity index (χ3v) is 3.91. The first kappa shape index (κ1) is 17.8. The number of carbonyl (C=O) groups is 1. The molecule has 1 N–H and O–H groups in total. The van der Waals surface area contributed by atoms with Crippen molar-refractivity contribution in [3.05, 3.63) is 72.3 Å². The van der Waals surface area contributed by atoms with E-state index < -0.39 is 24.8 Å². The summed E-state index contributed by atoms with van der Waals surface area (Å²) in [5.41, 5.74) is 1.21. The number of para-hydroxylation sites is 1. The lowest BCUT2D eigenvalue weighted by Gasteiger charge is -2.38. The quantitative estimate of drug-likeness (QED) is 0.803. The van der Waals surface area contributed by atoms with Crippen molar-refractivity contribution < 1.29 is 22.7 Å². The SMILES string of the molecule is C=CCOc1cccc([C@@H]2Nc3ccccc3C(=O)N2CC(F)(F)F)c1. The summed E-state index contributed by atoms with van der Waals surface area (Å²) in [6.45, 7) is 2.48. The van der Waals surface area contributed by atoms with Gasteiger partial charge in [0.2, 0.25) is 0 Å². The fourth-order valence-electron chi connectivity index (χ4n) is 2.84. The van der Waals surface area contributed by atoms with Gasteiger partial charge in [0.05, 0.1) is 5.56 Å². The molecule has 2 aromatic rings. The van der Waals surface area contributed by atoms with Crippen LogP contribution in [0, 0.1) is 0 Å². The number of nitrogens with zero attached hydrogens (tertiary/aromatic N) is 1. The van der Waals surface area contributed by atoms with E-state index in [1.54, 1.807) is 48.5 Å². The number of halogens is 3. The molecule has 0 aliphatic carbocycles. The van der Waals surface area contributed by atoms with E-state index in [-0.39, 0.29) is 12.2 Å². The van der Waals surface area contributed by atoms with Gasteiger partial charge in [-0.3, -0.25) is 4.79 Å². The Morgan fingerprint density at radius 1 is 1.19 bits per heavy atom. The molecule has 26 heavy (non-hydrogen) atoms.